The molecule has 0 aliphatic carbocycles. The van der Waals surface area contributed by atoms with Crippen LogP contribution in [0.1, 0.15) is 50.5 Å². The van der Waals surface area contributed by atoms with Crippen LogP contribution in [0.15, 0.2) is 36.4 Å². The lowest BCUT2D eigenvalue weighted by molar-refractivity contribution is 0.0627. The van der Waals surface area contributed by atoms with E-state index in [1.165, 1.54) is 12.8 Å². The molecule has 3 N–H and O–H groups in total. The SMILES string of the molecule is NCCC1C(Nc2nc(Cl)cc(N3CCCCCC3)n2)CCCN1C(=O)OCc1ccccc1. The Morgan fingerprint density at radius 2 is 1.85 bits per heavy atom. The van der Waals surface area contributed by atoms with Crippen LogP contribution >= 0.6 is 11.6 Å². The van der Waals surface area contributed by atoms with Crippen molar-refractivity contribution in [3.63, 3.8) is 0 Å². The fourth-order valence-corrected chi connectivity index (χ4v) is 5.06. The number of benzene rings is 1. The number of hydrogen-bond donors (Lipinski definition) is 2. The molecule has 2 fully saturated rings. The molecule has 4 rings (SSSR count). The van der Waals surface area contributed by atoms with Gasteiger partial charge >= 0.3 is 6.09 Å². The fraction of sp³-hybridized carbons (Fsp3) is 0.560. The summed E-state index contributed by atoms with van der Waals surface area (Å²) in [4.78, 5) is 26.3. The van der Waals surface area contributed by atoms with Crippen molar-refractivity contribution in [3.8, 4) is 0 Å². The number of nitrogens with one attached hydrogen (secondary N) is 1. The van der Waals surface area contributed by atoms with Crippen LogP contribution < -0.4 is 16.0 Å². The van der Waals surface area contributed by atoms with Crippen molar-refractivity contribution in [2.75, 3.05) is 36.4 Å². The summed E-state index contributed by atoms with van der Waals surface area (Å²) in [7, 11) is 0. The summed E-state index contributed by atoms with van der Waals surface area (Å²) in [5.41, 5.74) is 6.90. The topological polar surface area (TPSA) is 96.6 Å². The molecule has 9 heteroatoms. The zero-order valence-electron chi connectivity index (χ0n) is 19.7. The second kappa shape index (κ2) is 12.2. The van der Waals surface area contributed by atoms with Crippen LogP contribution in [-0.2, 0) is 11.3 Å². The van der Waals surface area contributed by atoms with Crippen molar-refractivity contribution in [2.45, 2.75) is 63.6 Å². The van der Waals surface area contributed by atoms with E-state index in [0.717, 1.165) is 50.2 Å². The average Bonchev–Trinajstić information content (AvgIpc) is 3.14. The van der Waals surface area contributed by atoms with Gasteiger partial charge in [-0.05, 0) is 44.2 Å². The third-order valence-electron chi connectivity index (χ3n) is 6.61. The Morgan fingerprint density at radius 3 is 2.59 bits per heavy atom. The maximum atomic E-state index is 13.0. The number of amides is 1. The second-order valence-electron chi connectivity index (χ2n) is 9.05. The molecule has 0 bridgehead atoms. The molecule has 2 aromatic rings. The van der Waals surface area contributed by atoms with Gasteiger partial charge in [0.25, 0.3) is 0 Å². The van der Waals surface area contributed by atoms with Gasteiger partial charge in [-0.1, -0.05) is 54.8 Å². The standard InChI is InChI=1S/C25H35ClN6O2/c26-22-17-23(31-14-6-1-2-7-15-31)30-24(29-22)28-20-11-8-16-32(21(20)12-13-27)25(33)34-18-19-9-4-3-5-10-19/h3-5,9-10,17,20-21H,1-2,6-8,11-16,18,27H2,(H,28,29,30). The quantitative estimate of drug-likeness (QED) is 0.558. The highest BCUT2D eigenvalue weighted by atomic mass is 35.5. The summed E-state index contributed by atoms with van der Waals surface area (Å²) in [6.07, 6.45) is 6.92. The lowest BCUT2D eigenvalue weighted by Gasteiger charge is -2.41. The van der Waals surface area contributed by atoms with E-state index < -0.39 is 0 Å². The molecule has 0 radical (unpaired) electrons. The number of nitrogens with two attached hydrogens (primary N) is 1. The van der Waals surface area contributed by atoms with E-state index in [1.807, 2.05) is 36.4 Å². The van der Waals surface area contributed by atoms with Crippen molar-refractivity contribution in [1.82, 2.24) is 14.9 Å². The predicted molar refractivity (Wildman–Crippen MR) is 135 cm³/mol. The van der Waals surface area contributed by atoms with Crippen LogP contribution in [0.2, 0.25) is 5.15 Å². The van der Waals surface area contributed by atoms with E-state index in [0.29, 0.717) is 30.6 Å². The number of carbonyl (C=O) groups is 1. The van der Waals surface area contributed by atoms with E-state index in [1.54, 1.807) is 4.90 Å². The van der Waals surface area contributed by atoms with Crippen LogP contribution in [0, 0.1) is 0 Å². The van der Waals surface area contributed by atoms with Gasteiger partial charge < -0.3 is 25.6 Å². The Kier molecular flexibility index (Phi) is 8.82. The molecule has 2 unspecified atom stereocenters. The molecule has 0 saturated carbocycles. The summed E-state index contributed by atoms with van der Waals surface area (Å²) < 4.78 is 5.63. The van der Waals surface area contributed by atoms with Crippen molar-refractivity contribution >= 4 is 29.5 Å². The normalized spacial score (nSPS) is 21.1. The number of piperidine rings is 1. The minimum atomic E-state index is -0.314. The van der Waals surface area contributed by atoms with Crippen molar-refractivity contribution in [1.29, 1.82) is 0 Å². The van der Waals surface area contributed by atoms with Crippen LogP contribution in [-0.4, -0.2) is 59.2 Å². The zero-order chi connectivity index (χ0) is 23.8. The summed E-state index contributed by atoms with van der Waals surface area (Å²) in [6.45, 7) is 3.33. The maximum absolute atomic E-state index is 13.0. The minimum Gasteiger partial charge on any atom is -0.445 e. The third-order valence-corrected chi connectivity index (χ3v) is 6.80. The number of rotatable bonds is 7. The van der Waals surface area contributed by atoms with E-state index in [4.69, 9.17) is 27.1 Å². The maximum Gasteiger partial charge on any atom is 0.410 e. The molecule has 8 nitrogen and oxygen atoms in total. The number of ether oxygens (including phenoxy) is 1. The molecule has 2 atom stereocenters. The molecule has 34 heavy (non-hydrogen) atoms. The average molecular weight is 487 g/mol. The molecular formula is C25H35ClN6O2. The lowest BCUT2D eigenvalue weighted by atomic mass is 9.94. The minimum absolute atomic E-state index is 0.0305. The summed E-state index contributed by atoms with van der Waals surface area (Å²) in [6, 6.07) is 11.4. The first-order chi connectivity index (χ1) is 16.6. The number of hydrogen-bond acceptors (Lipinski definition) is 7. The Morgan fingerprint density at radius 1 is 1.09 bits per heavy atom. The molecule has 1 aromatic heterocycles. The number of halogens is 1. The lowest BCUT2D eigenvalue weighted by Crippen LogP contribution is -2.54. The van der Waals surface area contributed by atoms with Gasteiger partial charge in [-0.3, -0.25) is 0 Å². The summed E-state index contributed by atoms with van der Waals surface area (Å²) in [5.74, 6) is 1.35. The monoisotopic (exact) mass is 486 g/mol. The number of carbonyl (C=O) groups excluding carboxylic acids is 1. The van der Waals surface area contributed by atoms with E-state index in [9.17, 15) is 4.79 Å². The Labute approximate surface area is 206 Å². The van der Waals surface area contributed by atoms with Gasteiger partial charge in [0.2, 0.25) is 5.95 Å². The molecule has 1 amide bonds. The van der Waals surface area contributed by atoms with Crippen LogP contribution in [0.3, 0.4) is 0 Å². The molecule has 3 heterocycles. The second-order valence-corrected chi connectivity index (χ2v) is 9.43. The largest absolute Gasteiger partial charge is 0.445 e. The number of aromatic nitrogens is 2. The van der Waals surface area contributed by atoms with Crippen LogP contribution in [0.4, 0.5) is 16.6 Å². The fourth-order valence-electron chi connectivity index (χ4n) is 4.88. The molecule has 2 aliphatic heterocycles. The highest BCUT2D eigenvalue weighted by Gasteiger charge is 2.35. The van der Waals surface area contributed by atoms with Gasteiger partial charge in [-0.2, -0.15) is 4.98 Å². The smallest absolute Gasteiger partial charge is 0.410 e. The molecule has 184 valence electrons. The first-order valence-electron chi connectivity index (χ1n) is 12.4. The first-order valence-corrected chi connectivity index (χ1v) is 12.8. The van der Waals surface area contributed by atoms with E-state index in [2.05, 4.69) is 15.2 Å². The van der Waals surface area contributed by atoms with Gasteiger partial charge in [-0.15, -0.1) is 0 Å². The molecule has 2 aliphatic rings. The van der Waals surface area contributed by atoms with Crippen molar-refractivity contribution in [2.24, 2.45) is 5.73 Å². The van der Waals surface area contributed by atoms with Crippen LogP contribution in [0.25, 0.3) is 0 Å². The third kappa shape index (κ3) is 6.51. The number of anilines is 2. The molecule has 0 spiro atoms. The molecule has 2 saturated heterocycles. The summed E-state index contributed by atoms with van der Waals surface area (Å²) >= 11 is 6.38. The zero-order valence-corrected chi connectivity index (χ0v) is 20.4. The van der Waals surface area contributed by atoms with Gasteiger partial charge in [0.05, 0.1) is 6.04 Å². The highest BCUT2D eigenvalue weighted by molar-refractivity contribution is 6.29. The van der Waals surface area contributed by atoms with Gasteiger partial charge in [0.15, 0.2) is 0 Å². The number of nitrogens with zero attached hydrogens (tertiary/aromatic N) is 4. The van der Waals surface area contributed by atoms with Crippen LogP contribution in [0.5, 0.6) is 0 Å². The number of likely N-dealkylation sites (tertiary alicyclic amines) is 1. The predicted octanol–water partition coefficient (Wildman–Crippen LogP) is 4.44. The van der Waals surface area contributed by atoms with Crippen molar-refractivity contribution < 1.29 is 9.53 Å². The Bertz CT molecular complexity index is 923. The summed E-state index contributed by atoms with van der Waals surface area (Å²) in [5, 5.41) is 3.89. The Hall–Kier alpha value is -2.58. The van der Waals surface area contributed by atoms with E-state index in [-0.39, 0.29) is 24.8 Å². The van der Waals surface area contributed by atoms with Gasteiger partial charge in [0.1, 0.15) is 17.6 Å². The van der Waals surface area contributed by atoms with Gasteiger partial charge in [-0.25, -0.2) is 9.78 Å². The Balaban J connectivity index is 1.45. The first kappa shape index (κ1) is 24.5. The van der Waals surface area contributed by atoms with Crippen molar-refractivity contribution in [3.05, 3.63) is 47.1 Å². The van der Waals surface area contributed by atoms with Gasteiger partial charge in [0, 0.05) is 31.7 Å². The van der Waals surface area contributed by atoms with E-state index >= 15 is 0 Å². The molecule has 1 aromatic carbocycles. The highest BCUT2D eigenvalue weighted by Crippen LogP contribution is 2.26. The molecular weight excluding hydrogens is 452 g/mol.